The number of nitrogens with zero attached hydrogens (tertiary/aromatic N) is 2. The largest absolute Gasteiger partial charge is 0.341 e. The summed E-state index contributed by atoms with van der Waals surface area (Å²) in [6.07, 6.45) is 4.33. The minimum absolute atomic E-state index is 0. The highest BCUT2D eigenvalue weighted by Crippen LogP contribution is 2.21. The number of benzene rings is 1. The molecule has 0 aliphatic carbocycles. The SMILES string of the molecule is CC1CCNC(C(=O)N(C)C2CCN(Cc3ccccc3)CC2)C1.Cl. The van der Waals surface area contributed by atoms with Gasteiger partial charge in [-0.3, -0.25) is 9.69 Å². The quantitative estimate of drug-likeness (QED) is 0.891. The molecule has 1 N–H and O–H groups in total. The summed E-state index contributed by atoms with van der Waals surface area (Å²) < 4.78 is 0. The van der Waals surface area contributed by atoms with Crippen LogP contribution in [-0.2, 0) is 11.3 Å². The van der Waals surface area contributed by atoms with Gasteiger partial charge < -0.3 is 10.2 Å². The zero-order chi connectivity index (χ0) is 16.9. The molecule has 2 aliphatic rings. The first kappa shape index (κ1) is 20.2. The van der Waals surface area contributed by atoms with E-state index in [0.29, 0.717) is 17.9 Å². The summed E-state index contributed by atoms with van der Waals surface area (Å²) in [6.45, 7) is 6.40. The van der Waals surface area contributed by atoms with Crippen LogP contribution < -0.4 is 5.32 Å². The van der Waals surface area contributed by atoms with Crippen molar-refractivity contribution in [3.63, 3.8) is 0 Å². The highest BCUT2D eigenvalue weighted by atomic mass is 35.5. The molecule has 1 aromatic rings. The van der Waals surface area contributed by atoms with Crippen LogP contribution in [-0.4, -0.2) is 54.5 Å². The molecule has 2 saturated heterocycles. The lowest BCUT2D eigenvalue weighted by atomic mass is 9.93. The Morgan fingerprint density at radius 1 is 1.20 bits per heavy atom. The first-order valence-electron chi connectivity index (χ1n) is 9.40. The Hall–Kier alpha value is -1.10. The second-order valence-corrected chi connectivity index (χ2v) is 7.58. The molecule has 0 saturated carbocycles. The molecule has 25 heavy (non-hydrogen) atoms. The molecule has 4 nitrogen and oxygen atoms in total. The Labute approximate surface area is 158 Å². The Balaban J connectivity index is 0.00000225. The van der Waals surface area contributed by atoms with Crippen LogP contribution in [0.3, 0.4) is 0 Å². The van der Waals surface area contributed by atoms with Gasteiger partial charge in [-0.25, -0.2) is 0 Å². The summed E-state index contributed by atoms with van der Waals surface area (Å²) >= 11 is 0. The first-order valence-corrected chi connectivity index (χ1v) is 9.40. The number of hydrogen-bond donors (Lipinski definition) is 1. The molecule has 0 radical (unpaired) electrons. The molecular formula is C20H32ClN3O. The molecule has 5 heteroatoms. The number of carbonyl (C=O) groups is 1. The first-order chi connectivity index (χ1) is 11.6. The molecule has 2 unspecified atom stereocenters. The average Bonchev–Trinajstić information content (AvgIpc) is 2.62. The number of rotatable bonds is 4. The number of amides is 1. The Bertz CT molecular complexity index is 531. The van der Waals surface area contributed by atoms with Crippen LogP contribution in [0.2, 0.25) is 0 Å². The number of halogens is 1. The van der Waals surface area contributed by atoms with E-state index < -0.39 is 0 Å². The topological polar surface area (TPSA) is 35.6 Å². The van der Waals surface area contributed by atoms with Crippen molar-refractivity contribution in [1.29, 1.82) is 0 Å². The van der Waals surface area contributed by atoms with E-state index >= 15 is 0 Å². The van der Waals surface area contributed by atoms with Crippen LogP contribution in [0, 0.1) is 5.92 Å². The van der Waals surface area contributed by atoms with E-state index in [9.17, 15) is 4.79 Å². The van der Waals surface area contributed by atoms with E-state index in [1.54, 1.807) is 0 Å². The zero-order valence-electron chi connectivity index (χ0n) is 15.5. The van der Waals surface area contributed by atoms with Gasteiger partial charge >= 0.3 is 0 Å². The highest BCUT2D eigenvalue weighted by Gasteiger charge is 2.31. The van der Waals surface area contributed by atoms with Crippen molar-refractivity contribution in [2.75, 3.05) is 26.7 Å². The van der Waals surface area contributed by atoms with Crippen molar-refractivity contribution in [1.82, 2.24) is 15.1 Å². The molecule has 1 amide bonds. The smallest absolute Gasteiger partial charge is 0.239 e. The number of likely N-dealkylation sites (tertiary alicyclic amines) is 1. The zero-order valence-corrected chi connectivity index (χ0v) is 16.3. The van der Waals surface area contributed by atoms with Crippen molar-refractivity contribution in [3.8, 4) is 0 Å². The standard InChI is InChI=1S/C20H31N3O.ClH/c1-16-8-11-21-19(14-16)20(24)22(2)18-9-12-23(13-10-18)15-17-6-4-3-5-7-17;/h3-7,16,18-19,21H,8-15H2,1-2H3;1H. The molecule has 2 aliphatic heterocycles. The fraction of sp³-hybridized carbons (Fsp3) is 0.650. The predicted octanol–water partition coefficient (Wildman–Crippen LogP) is 2.92. The summed E-state index contributed by atoms with van der Waals surface area (Å²) in [7, 11) is 2.00. The van der Waals surface area contributed by atoms with E-state index in [1.807, 2.05) is 11.9 Å². The molecule has 0 spiro atoms. The van der Waals surface area contributed by atoms with E-state index in [4.69, 9.17) is 0 Å². The van der Waals surface area contributed by atoms with Crippen LogP contribution in [0.4, 0.5) is 0 Å². The predicted molar refractivity (Wildman–Crippen MR) is 105 cm³/mol. The lowest BCUT2D eigenvalue weighted by Crippen LogP contribution is -2.53. The van der Waals surface area contributed by atoms with Gasteiger partial charge in [0.15, 0.2) is 0 Å². The summed E-state index contributed by atoms with van der Waals surface area (Å²) in [5, 5.41) is 3.41. The van der Waals surface area contributed by atoms with Crippen LogP contribution in [0.5, 0.6) is 0 Å². The van der Waals surface area contributed by atoms with Crippen molar-refractivity contribution in [3.05, 3.63) is 35.9 Å². The third kappa shape index (κ3) is 5.44. The molecule has 1 aromatic carbocycles. The number of hydrogen-bond acceptors (Lipinski definition) is 3. The average molecular weight is 366 g/mol. The van der Waals surface area contributed by atoms with Gasteiger partial charge in [-0.2, -0.15) is 0 Å². The van der Waals surface area contributed by atoms with Crippen molar-refractivity contribution < 1.29 is 4.79 Å². The van der Waals surface area contributed by atoms with Crippen molar-refractivity contribution in [2.45, 2.75) is 51.2 Å². The van der Waals surface area contributed by atoms with E-state index in [0.717, 1.165) is 45.4 Å². The Morgan fingerprint density at radius 2 is 1.88 bits per heavy atom. The number of piperidine rings is 2. The maximum Gasteiger partial charge on any atom is 0.239 e. The van der Waals surface area contributed by atoms with Gasteiger partial charge in [-0.15, -0.1) is 12.4 Å². The minimum atomic E-state index is 0. The number of likely N-dealkylation sites (N-methyl/N-ethyl adjacent to an activating group) is 1. The minimum Gasteiger partial charge on any atom is -0.341 e. The summed E-state index contributed by atoms with van der Waals surface area (Å²) in [5.41, 5.74) is 1.38. The normalized spacial score (nSPS) is 25.2. The molecule has 2 atom stereocenters. The van der Waals surface area contributed by atoms with Crippen LogP contribution in [0.1, 0.15) is 38.2 Å². The molecular weight excluding hydrogens is 334 g/mol. The third-order valence-corrected chi connectivity index (χ3v) is 5.67. The highest BCUT2D eigenvalue weighted by molar-refractivity contribution is 5.85. The van der Waals surface area contributed by atoms with E-state index in [2.05, 4.69) is 47.5 Å². The molecule has 2 fully saturated rings. The second kappa shape index (κ2) is 9.56. The molecule has 140 valence electrons. The van der Waals surface area contributed by atoms with Gasteiger partial charge in [-0.05, 0) is 43.7 Å². The molecule has 2 heterocycles. The fourth-order valence-electron chi connectivity index (χ4n) is 4.03. The summed E-state index contributed by atoms with van der Waals surface area (Å²) in [5.74, 6) is 0.948. The molecule has 0 aromatic heterocycles. The summed E-state index contributed by atoms with van der Waals surface area (Å²) in [6, 6.07) is 11.1. The third-order valence-electron chi connectivity index (χ3n) is 5.67. The van der Waals surface area contributed by atoms with Gasteiger partial charge in [-0.1, -0.05) is 37.3 Å². The monoisotopic (exact) mass is 365 g/mol. The van der Waals surface area contributed by atoms with Gasteiger partial charge in [0.25, 0.3) is 0 Å². The lowest BCUT2D eigenvalue weighted by Gasteiger charge is -2.39. The number of carbonyl (C=O) groups excluding carboxylic acids is 1. The lowest BCUT2D eigenvalue weighted by molar-refractivity contribution is -0.136. The van der Waals surface area contributed by atoms with Gasteiger partial charge in [0.05, 0.1) is 6.04 Å². The maximum absolute atomic E-state index is 12.8. The maximum atomic E-state index is 12.8. The molecule has 0 bridgehead atoms. The van der Waals surface area contributed by atoms with Gasteiger partial charge in [0.1, 0.15) is 0 Å². The molecule has 3 rings (SSSR count). The Kier molecular flexibility index (Phi) is 7.73. The number of nitrogens with one attached hydrogen (secondary N) is 1. The van der Waals surface area contributed by atoms with E-state index in [-0.39, 0.29) is 18.4 Å². The fourth-order valence-corrected chi connectivity index (χ4v) is 4.03. The van der Waals surface area contributed by atoms with Crippen LogP contribution in [0.25, 0.3) is 0 Å². The van der Waals surface area contributed by atoms with Crippen molar-refractivity contribution in [2.24, 2.45) is 5.92 Å². The van der Waals surface area contributed by atoms with Gasteiger partial charge in [0.2, 0.25) is 5.91 Å². The second-order valence-electron chi connectivity index (χ2n) is 7.58. The summed E-state index contributed by atoms with van der Waals surface area (Å²) in [4.78, 5) is 17.3. The van der Waals surface area contributed by atoms with Crippen LogP contribution >= 0.6 is 12.4 Å². The van der Waals surface area contributed by atoms with E-state index in [1.165, 1.54) is 12.0 Å². The Morgan fingerprint density at radius 3 is 2.52 bits per heavy atom. The van der Waals surface area contributed by atoms with Crippen LogP contribution in [0.15, 0.2) is 30.3 Å². The van der Waals surface area contributed by atoms with Crippen molar-refractivity contribution >= 4 is 18.3 Å². The van der Waals surface area contributed by atoms with Gasteiger partial charge in [0, 0.05) is 32.7 Å².